The van der Waals surface area contributed by atoms with Crippen molar-refractivity contribution in [1.82, 2.24) is 10.3 Å². The molecule has 1 aromatic heterocycles. The maximum Gasteiger partial charge on any atom is 0.223 e. The first-order valence-electron chi connectivity index (χ1n) is 6.36. The first-order chi connectivity index (χ1) is 9.54. The number of aromatic nitrogens is 1. The van der Waals surface area contributed by atoms with Crippen molar-refractivity contribution in [2.75, 3.05) is 0 Å². The fourth-order valence-corrected chi connectivity index (χ4v) is 2.11. The van der Waals surface area contributed by atoms with Gasteiger partial charge in [-0.2, -0.15) is 0 Å². The summed E-state index contributed by atoms with van der Waals surface area (Å²) < 4.78 is 19.7. The SMILES string of the molecule is CC(C)NCc1cccnc1Oc1cc(F)cc(Br)c1. The highest BCUT2D eigenvalue weighted by Crippen LogP contribution is 2.26. The fraction of sp³-hybridized carbons (Fsp3) is 0.267. The van der Waals surface area contributed by atoms with E-state index in [4.69, 9.17) is 4.74 Å². The highest BCUT2D eigenvalue weighted by Gasteiger charge is 2.08. The van der Waals surface area contributed by atoms with Gasteiger partial charge in [-0.25, -0.2) is 9.37 Å². The molecule has 0 saturated carbocycles. The molecule has 106 valence electrons. The van der Waals surface area contributed by atoms with Crippen LogP contribution in [-0.4, -0.2) is 11.0 Å². The van der Waals surface area contributed by atoms with Gasteiger partial charge in [0.05, 0.1) is 0 Å². The van der Waals surface area contributed by atoms with Crippen molar-refractivity contribution in [2.45, 2.75) is 26.4 Å². The Morgan fingerprint density at radius 3 is 2.85 bits per heavy atom. The van der Waals surface area contributed by atoms with Crippen LogP contribution >= 0.6 is 15.9 Å². The van der Waals surface area contributed by atoms with E-state index in [0.29, 0.717) is 28.7 Å². The van der Waals surface area contributed by atoms with Crippen LogP contribution in [0.4, 0.5) is 4.39 Å². The smallest absolute Gasteiger partial charge is 0.223 e. The monoisotopic (exact) mass is 338 g/mol. The van der Waals surface area contributed by atoms with Crippen molar-refractivity contribution < 1.29 is 9.13 Å². The quantitative estimate of drug-likeness (QED) is 0.883. The maximum absolute atomic E-state index is 13.3. The van der Waals surface area contributed by atoms with Crippen LogP contribution in [0.15, 0.2) is 41.0 Å². The Kier molecular flexibility index (Phi) is 5.09. The first kappa shape index (κ1) is 14.9. The Morgan fingerprint density at radius 2 is 2.15 bits per heavy atom. The van der Waals surface area contributed by atoms with Crippen molar-refractivity contribution >= 4 is 15.9 Å². The molecule has 0 fully saturated rings. The van der Waals surface area contributed by atoms with Gasteiger partial charge in [-0.15, -0.1) is 0 Å². The van der Waals surface area contributed by atoms with Crippen molar-refractivity contribution in [3.8, 4) is 11.6 Å². The molecule has 1 N–H and O–H groups in total. The van der Waals surface area contributed by atoms with Crippen LogP contribution in [0.2, 0.25) is 0 Å². The molecule has 0 saturated heterocycles. The summed E-state index contributed by atoms with van der Waals surface area (Å²) in [6.07, 6.45) is 1.66. The van der Waals surface area contributed by atoms with Gasteiger partial charge in [0.2, 0.25) is 5.88 Å². The molecule has 1 aromatic carbocycles. The van der Waals surface area contributed by atoms with E-state index in [0.717, 1.165) is 5.56 Å². The fourth-order valence-electron chi connectivity index (χ4n) is 1.66. The van der Waals surface area contributed by atoms with Gasteiger partial charge < -0.3 is 10.1 Å². The molecule has 3 nitrogen and oxygen atoms in total. The number of pyridine rings is 1. The Hall–Kier alpha value is -1.46. The standard InChI is InChI=1S/C15H16BrFN2O/c1-10(2)19-9-11-4-3-5-18-15(11)20-14-7-12(16)6-13(17)8-14/h3-8,10,19H,9H2,1-2H3. The van der Waals surface area contributed by atoms with E-state index in [9.17, 15) is 4.39 Å². The van der Waals surface area contributed by atoms with E-state index < -0.39 is 0 Å². The molecule has 0 aliphatic rings. The van der Waals surface area contributed by atoms with Gasteiger partial charge in [0, 0.05) is 34.9 Å². The average Bonchev–Trinajstić information content (AvgIpc) is 2.36. The number of benzene rings is 1. The van der Waals surface area contributed by atoms with Crippen molar-refractivity contribution in [2.24, 2.45) is 0 Å². The molecule has 0 aliphatic carbocycles. The Balaban J connectivity index is 2.20. The molecule has 0 atom stereocenters. The van der Waals surface area contributed by atoms with Crippen LogP contribution in [0, 0.1) is 5.82 Å². The third kappa shape index (κ3) is 4.28. The average molecular weight is 339 g/mol. The van der Waals surface area contributed by atoms with Crippen LogP contribution in [-0.2, 0) is 6.54 Å². The number of ether oxygens (including phenoxy) is 1. The second kappa shape index (κ2) is 6.81. The van der Waals surface area contributed by atoms with Crippen LogP contribution in [0.25, 0.3) is 0 Å². The molecular weight excluding hydrogens is 323 g/mol. The molecule has 2 aromatic rings. The number of hydrogen-bond acceptors (Lipinski definition) is 3. The van der Waals surface area contributed by atoms with E-state index in [2.05, 4.69) is 40.1 Å². The third-order valence-corrected chi connectivity index (χ3v) is 3.06. The summed E-state index contributed by atoms with van der Waals surface area (Å²) in [6, 6.07) is 8.58. The zero-order chi connectivity index (χ0) is 14.5. The largest absolute Gasteiger partial charge is 0.439 e. The molecule has 0 amide bonds. The minimum atomic E-state index is -0.354. The second-order valence-electron chi connectivity index (χ2n) is 4.71. The molecule has 0 unspecified atom stereocenters. The molecular formula is C15H16BrFN2O. The lowest BCUT2D eigenvalue weighted by Crippen LogP contribution is -2.22. The summed E-state index contributed by atoms with van der Waals surface area (Å²) in [7, 11) is 0. The minimum absolute atomic E-state index is 0.354. The number of halogens is 2. The predicted molar refractivity (Wildman–Crippen MR) is 80.4 cm³/mol. The van der Waals surface area contributed by atoms with E-state index in [-0.39, 0.29) is 5.82 Å². The van der Waals surface area contributed by atoms with Gasteiger partial charge in [0.25, 0.3) is 0 Å². The van der Waals surface area contributed by atoms with E-state index in [1.807, 2.05) is 12.1 Å². The molecule has 2 rings (SSSR count). The first-order valence-corrected chi connectivity index (χ1v) is 7.15. The van der Waals surface area contributed by atoms with Gasteiger partial charge in [-0.3, -0.25) is 0 Å². The Bertz CT molecular complexity index is 570. The zero-order valence-corrected chi connectivity index (χ0v) is 12.9. The molecule has 5 heteroatoms. The van der Waals surface area contributed by atoms with Gasteiger partial charge >= 0.3 is 0 Å². The van der Waals surface area contributed by atoms with Crippen LogP contribution in [0.3, 0.4) is 0 Å². The van der Waals surface area contributed by atoms with E-state index in [1.165, 1.54) is 12.1 Å². The summed E-state index contributed by atoms with van der Waals surface area (Å²) in [5, 5.41) is 3.31. The van der Waals surface area contributed by atoms with Gasteiger partial charge in [0.1, 0.15) is 11.6 Å². The van der Waals surface area contributed by atoms with E-state index in [1.54, 1.807) is 12.3 Å². The number of hydrogen-bond donors (Lipinski definition) is 1. The molecule has 20 heavy (non-hydrogen) atoms. The topological polar surface area (TPSA) is 34.2 Å². The van der Waals surface area contributed by atoms with Crippen molar-refractivity contribution in [1.29, 1.82) is 0 Å². The number of nitrogens with one attached hydrogen (secondary N) is 1. The molecule has 1 heterocycles. The highest BCUT2D eigenvalue weighted by molar-refractivity contribution is 9.10. The lowest BCUT2D eigenvalue weighted by atomic mass is 10.2. The Labute approximate surface area is 126 Å². The third-order valence-electron chi connectivity index (χ3n) is 2.60. The minimum Gasteiger partial charge on any atom is -0.439 e. The lowest BCUT2D eigenvalue weighted by Gasteiger charge is -2.12. The maximum atomic E-state index is 13.3. The zero-order valence-electron chi connectivity index (χ0n) is 11.4. The molecule has 0 radical (unpaired) electrons. The normalized spacial score (nSPS) is 10.8. The number of rotatable bonds is 5. The summed E-state index contributed by atoms with van der Waals surface area (Å²) in [6.45, 7) is 4.79. The molecule has 0 bridgehead atoms. The van der Waals surface area contributed by atoms with Gasteiger partial charge in [0.15, 0.2) is 0 Å². The van der Waals surface area contributed by atoms with E-state index >= 15 is 0 Å². The summed E-state index contributed by atoms with van der Waals surface area (Å²) in [5.74, 6) is 0.548. The summed E-state index contributed by atoms with van der Waals surface area (Å²) in [5.41, 5.74) is 0.932. The predicted octanol–water partition coefficient (Wildman–Crippen LogP) is 4.27. The Morgan fingerprint density at radius 1 is 1.35 bits per heavy atom. The van der Waals surface area contributed by atoms with Crippen LogP contribution < -0.4 is 10.1 Å². The second-order valence-corrected chi connectivity index (χ2v) is 5.63. The summed E-state index contributed by atoms with van der Waals surface area (Å²) in [4.78, 5) is 4.21. The van der Waals surface area contributed by atoms with Crippen molar-refractivity contribution in [3.05, 3.63) is 52.4 Å². The molecule has 0 aliphatic heterocycles. The van der Waals surface area contributed by atoms with Crippen LogP contribution in [0.1, 0.15) is 19.4 Å². The van der Waals surface area contributed by atoms with Gasteiger partial charge in [-0.05, 0) is 18.2 Å². The molecule has 0 spiro atoms. The summed E-state index contributed by atoms with van der Waals surface area (Å²) >= 11 is 3.24. The lowest BCUT2D eigenvalue weighted by molar-refractivity contribution is 0.446. The van der Waals surface area contributed by atoms with Gasteiger partial charge in [-0.1, -0.05) is 35.8 Å². The highest BCUT2D eigenvalue weighted by atomic mass is 79.9. The van der Waals surface area contributed by atoms with Crippen molar-refractivity contribution in [3.63, 3.8) is 0 Å². The van der Waals surface area contributed by atoms with Crippen LogP contribution in [0.5, 0.6) is 11.6 Å². The number of nitrogens with zero attached hydrogens (tertiary/aromatic N) is 1.